The van der Waals surface area contributed by atoms with Crippen molar-refractivity contribution in [2.75, 3.05) is 20.2 Å². The number of rotatable bonds is 8. The Morgan fingerprint density at radius 1 is 1.21 bits per heavy atom. The van der Waals surface area contributed by atoms with E-state index >= 15 is 0 Å². The average molecular weight is 627 g/mol. The molecule has 5 heterocycles. The van der Waals surface area contributed by atoms with E-state index in [1.54, 1.807) is 18.2 Å². The molecule has 3 unspecified atom stereocenters. The van der Waals surface area contributed by atoms with Gasteiger partial charge < -0.3 is 29.3 Å². The van der Waals surface area contributed by atoms with E-state index in [0.717, 1.165) is 15.4 Å². The summed E-state index contributed by atoms with van der Waals surface area (Å²) in [6.45, 7) is -0.389. The smallest absolute Gasteiger partial charge is 0.415 e. The zero-order valence-corrected chi connectivity index (χ0v) is 24.4. The van der Waals surface area contributed by atoms with E-state index in [1.165, 1.54) is 47.6 Å². The number of Topliss-reactive ketones (excluding diaryl/α,β-unsaturated/α-hetero) is 1. The molecule has 224 valence electrons. The molecule has 2 saturated heterocycles. The van der Waals surface area contributed by atoms with Crippen molar-refractivity contribution in [1.29, 1.82) is 0 Å². The highest BCUT2D eigenvalue weighted by Gasteiger charge is 2.55. The standard InChI is InChI=1S/C28H26N4O9S2/c1-39-18-7-8-23-17(13-18)14-25(40-23)41-28(35)29-20(15-19-5-4-12-42-19)27(34)30-11-9-21-26(30)22(33)16-32(21)43(37,38)24-6-2-3-10-31(24)36/h2-8,10,12-14,20-21,26H,9,11,15-16H2,1H3,(H,29,35). The normalized spacial score (nSPS) is 19.4. The van der Waals surface area contributed by atoms with E-state index in [0.29, 0.717) is 16.7 Å². The number of likely N-dealkylation sites (tertiary alicyclic amines) is 1. The van der Waals surface area contributed by atoms with E-state index in [9.17, 15) is 28.0 Å². The van der Waals surface area contributed by atoms with Gasteiger partial charge in [0.05, 0.1) is 19.7 Å². The van der Waals surface area contributed by atoms with E-state index in [1.807, 2.05) is 17.5 Å². The van der Waals surface area contributed by atoms with Gasteiger partial charge in [0.15, 0.2) is 12.0 Å². The molecule has 0 saturated carbocycles. The number of sulfonamides is 1. The molecule has 1 N–H and O–H groups in total. The van der Waals surface area contributed by atoms with Gasteiger partial charge in [-0.3, -0.25) is 9.59 Å². The van der Waals surface area contributed by atoms with Crippen LogP contribution in [0.4, 0.5) is 4.79 Å². The molecular weight excluding hydrogens is 600 g/mol. The SMILES string of the molecule is COc1ccc2oc(OC(=O)NC(Cc3cccs3)C(=O)N3CCC4C3C(=O)CN4S(=O)(=O)c3cccc[n+]3[O-])cc2c1. The Kier molecular flexibility index (Phi) is 7.54. The van der Waals surface area contributed by atoms with Crippen LogP contribution in [0.2, 0.25) is 0 Å². The van der Waals surface area contributed by atoms with Gasteiger partial charge >= 0.3 is 21.1 Å². The maximum Gasteiger partial charge on any atom is 0.415 e. The van der Waals surface area contributed by atoms with Gasteiger partial charge in [-0.15, -0.1) is 11.3 Å². The van der Waals surface area contributed by atoms with Gasteiger partial charge in [-0.2, -0.15) is 9.04 Å². The predicted molar refractivity (Wildman–Crippen MR) is 152 cm³/mol. The van der Waals surface area contributed by atoms with Crippen molar-refractivity contribution in [2.24, 2.45) is 0 Å². The molecule has 4 aromatic rings. The summed E-state index contributed by atoms with van der Waals surface area (Å²) in [6.07, 6.45) is 0.427. The highest BCUT2D eigenvalue weighted by Crippen LogP contribution is 2.34. The van der Waals surface area contributed by atoms with Crippen molar-refractivity contribution >= 4 is 50.1 Å². The monoisotopic (exact) mass is 626 g/mol. The first-order valence-corrected chi connectivity index (χ1v) is 15.6. The Labute approximate surface area is 249 Å². The van der Waals surface area contributed by atoms with Crippen LogP contribution in [0.5, 0.6) is 11.7 Å². The van der Waals surface area contributed by atoms with Gasteiger partial charge in [0.1, 0.15) is 23.4 Å². The summed E-state index contributed by atoms with van der Waals surface area (Å²) in [4.78, 5) is 42.1. The first-order valence-electron chi connectivity index (χ1n) is 13.3. The average Bonchev–Trinajstić information content (AvgIpc) is 3.78. The largest absolute Gasteiger partial charge is 0.618 e. The molecule has 3 aromatic heterocycles. The van der Waals surface area contributed by atoms with E-state index in [4.69, 9.17) is 13.9 Å². The fraction of sp³-hybridized carbons (Fsp3) is 0.286. The highest BCUT2D eigenvalue weighted by atomic mass is 32.2. The minimum Gasteiger partial charge on any atom is -0.618 e. The number of nitrogens with one attached hydrogen (secondary N) is 1. The Bertz CT molecular complexity index is 1810. The predicted octanol–water partition coefficient (Wildman–Crippen LogP) is 2.08. The number of ether oxygens (including phenoxy) is 2. The van der Waals surface area contributed by atoms with Crippen molar-refractivity contribution in [3.8, 4) is 11.7 Å². The van der Waals surface area contributed by atoms with E-state index in [-0.39, 0.29) is 30.1 Å². The number of pyridine rings is 1. The molecule has 0 aliphatic carbocycles. The summed E-state index contributed by atoms with van der Waals surface area (Å²) in [5, 5.41) is 16.8. The second kappa shape index (κ2) is 11.3. The number of ketones is 1. The lowest BCUT2D eigenvalue weighted by molar-refractivity contribution is -0.646. The summed E-state index contributed by atoms with van der Waals surface area (Å²) in [7, 11) is -2.79. The number of nitrogens with zero attached hydrogens (tertiary/aromatic N) is 3. The number of methoxy groups -OCH3 is 1. The number of hydrogen-bond donors (Lipinski definition) is 1. The van der Waals surface area contributed by atoms with Crippen molar-refractivity contribution in [3.63, 3.8) is 0 Å². The van der Waals surface area contributed by atoms with Crippen LogP contribution in [0.1, 0.15) is 11.3 Å². The second-order valence-corrected chi connectivity index (χ2v) is 12.9. The maximum atomic E-state index is 13.9. The lowest BCUT2D eigenvalue weighted by Gasteiger charge is -2.27. The first kappa shape index (κ1) is 28.6. The molecule has 1 aromatic carbocycles. The van der Waals surface area contributed by atoms with Crippen LogP contribution in [-0.2, 0) is 26.0 Å². The van der Waals surface area contributed by atoms with E-state index in [2.05, 4.69) is 5.32 Å². The number of furan rings is 1. The minimum atomic E-state index is -4.32. The molecule has 3 atom stereocenters. The molecule has 2 fully saturated rings. The Morgan fingerprint density at radius 2 is 2.05 bits per heavy atom. The Morgan fingerprint density at radius 3 is 2.79 bits per heavy atom. The molecule has 0 spiro atoms. The third-order valence-electron chi connectivity index (χ3n) is 7.49. The molecular formula is C28H26N4O9S2. The topological polar surface area (TPSA) is 162 Å². The highest BCUT2D eigenvalue weighted by molar-refractivity contribution is 7.89. The Hall–Kier alpha value is -4.47. The fourth-order valence-corrected chi connectivity index (χ4v) is 7.95. The number of hydrogen-bond acceptors (Lipinski definition) is 10. The third-order valence-corrected chi connectivity index (χ3v) is 10.3. The molecule has 0 bridgehead atoms. The second-order valence-electron chi connectivity index (χ2n) is 10.1. The van der Waals surface area contributed by atoms with Crippen molar-refractivity contribution in [3.05, 3.63) is 76.3 Å². The van der Waals surface area contributed by atoms with Gasteiger partial charge in [0.25, 0.3) is 5.95 Å². The summed E-state index contributed by atoms with van der Waals surface area (Å²) in [5.41, 5.74) is 0.468. The summed E-state index contributed by atoms with van der Waals surface area (Å²) < 4.78 is 44.1. The van der Waals surface area contributed by atoms with Crippen LogP contribution in [0, 0.1) is 5.21 Å². The number of carbonyl (C=O) groups is 3. The van der Waals surface area contributed by atoms with Crippen LogP contribution < -0.4 is 19.5 Å². The van der Waals surface area contributed by atoms with Crippen LogP contribution >= 0.6 is 11.3 Å². The molecule has 6 rings (SSSR count). The van der Waals surface area contributed by atoms with Crippen LogP contribution in [0.15, 0.2) is 75.6 Å². The minimum absolute atomic E-state index is 0.0845. The molecule has 43 heavy (non-hydrogen) atoms. The van der Waals surface area contributed by atoms with E-state index < -0.39 is 57.5 Å². The van der Waals surface area contributed by atoms with Crippen LogP contribution in [0.3, 0.4) is 0 Å². The summed E-state index contributed by atoms with van der Waals surface area (Å²) in [5.74, 6) is -0.521. The number of carbonyl (C=O) groups excluding carboxylic acids is 3. The number of amides is 2. The van der Waals surface area contributed by atoms with Gasteiger partial charge in [-0.25, -0.2) is 13.2 Å². The van der Waals surface area contributed by atoms with Crippen molar-refractivity contribution in [2.45, 2.75) is 36.0 Å². The summed E-state index contributed by atoms with van der Waals surface area (Å²) >= 11 is 1.39. The Balaban J connectivity index is 1.21. The maximum absolute atomic E-state index is 13.9. The molecule has 2 amide bonds. The fourth-order valence-electron chi connectivity index (χ4n) is 5.54. The zero-order chi connectivity index (χ0) is 30.3. The van der Waals surface area contributed by atoms with Crippen LogP contribution in [-0.4, -0.2) is 73.7 Å². The number of fused-ring (bicyclic) bond motifs is 2. The molecule has 13 nitrogen and oxygen atoms in total. The number of aromatic nitrogens is 1. The quantitative estimate of drug-likeness (QED) is 0.228. The molecule has 15 heteroatoms. The third kappa shape index (κ3) is 5.42. The first-order chi connectivity index (χ1) is 20.7. The van der Waals surface area contributed by atoms with Gasteiger partial charge in [0, 0.05) is 41.4 Å². The number of benzene rings is 1. The summed E-state index contributed by atoms with van der Waals surface area (Å²) in [6, 6.07) is 11.2. The van der Waals surface area contributed by atoms with Gasteiger partial charge in [-0.05, 0) is 42.1 Å². The molecule has 2 aliphatic rings. The van der Waals surface area contributed by atoms with Gasteiger partial charge in [-0.1, -0.05) is 6.07 Å². The zero-order valence-electron chi connectivity index (χ0n) is 22.7. The van der Waals surface area contributed by atoms with Crippen molar-refractivity contribution < 1.29 is 41.4 Å². The lowest BCUT2D eigenvalue weighted by atomic mass is 10.1. The number of thiophene rings is 1. The molecule has 2 aliphatic heterocycles. The van der Waals surface area contributed by atoms with Crippen molar-refractivity contribution in [1.82, 2.24) is 14.5 Å². The lowest BCUT2D eigenvalue weighted by Crippen LogP contribution is -2.53. The van der Waals surface area contributed by atoms with Crippen LogP contribution in [0.25, 0.3) is 11.0 Å². The van der Waals surface area contributed by atoms with Gasteiger partial charge in [0.2, 0.25) is 5.91 Å². The molecule has 0 radical (unpaired) electrons.